The first-order valence-electron chi connectivity index (χ1n) is 5.11. The summed E-state index contributed by atoms with van der Waals surface area (Å²) in [7, 11) is 0. The van der Waals surface area contributed by atoms with Crippen molar-refractivity contribution >= 4 is 11.6 Å². The molecule has 0 unspecified atom stereocenters. The summed E-state index contributed by atoms with van der Waals surface area (Å²) in [5.41, 5.74) is 2.52. The van der Waals surface area contributed by atoms with E-state index in [4.69, 9.17) is 16.3 Å². The second kappa shape index (κ2) is 4.33. The summed E-state index contributed by atoms with van der Waals surface area (Å²) < 4.78 is 5.34. The molecule has 1 aliphatic heterocycles. The smallest absolute Gasteiger partial charge is 0.0471 e. The van der Waals surface area contributed by atoms with Crippen LogP contribution in [0.3, 0.4) is 0 Å². The maximum absolute atomic E-state index is 6.22. The van der Waals surface area contributed by atoms with Crippen LogP contribution in [0.15, 0.2) is 18.2 Å². The molecular weight excluding hydrogens is 196 g/mol. The molecule has 0 radical (unpaired) electrons. The van der Waals surface area contributed by atoms with Gasteiger partial charge in [-0.3, -0.25) is 0 Å². The summed E-state index contributed by atoms with van der Waals surface area (Å²) in [5.74, 6) is 0.594. The summed E-state index contributed by atoms with van der Waals surface area (Å²) in [6.07, 6.45) is 2.20. The largest absolute Gasteiger partial charge is 0.381 e. The van der Waals surface area contributed by atoms with Crippen molar-refractivity contribution in [2.45, 2.75) is 25.7 Å². The number of rotatable bonds is 1. The second-order valence-corrected chi connectivity index (χ2v) is 4.32. The molecule has 0 bridgehead atoms. The van der Waals surface area contributed by atoms with E-state index in [0.29, 0.717) is 5.92 Å². The molecule has 1 saturated heterocycles. The van der Waals surface area contributed by atoms with Gasteiger partial charge in [-0.1, -0.05) is 23.7 Å². The van der Waals surface area contributed by atoms with Crippen LogP contribution in [0.2, 0.25) is 5.02 Å². The SMILES string of the molecule is Cc1ccc(C2CCOCC2)c(Cl)c1. The maximum Gasteiger partial charge on any atom is 0.0471 e. The van der Waals surface area contributed by atoms with Gasteiger partial charge in [0, 0.05) is 18.2 Å². The molecule has 1 aliphatic rings. The van der Waals surface area contributed by atoms with Crippen LogP contribution in [0.1, 0.15) is 29.9 Å². The molecule has 0 aromatic heterocycles. The average molecular weight is 211 g/mol. The van der Waals surface area contributed by atoms with Crippen molar-refractivity contribution in [1.82, 2.24) is 0 Å². The van der Waals surface area contributed by atoms with Gasteiger partial charge < -0.3 is 4.74 Å². The zero-order valence-electron chi connectivity index (χ0n) is 8.42. The molecule has 76 valence electrons. The highest BCUT2D eigenvalue weighted by molar-refractivity contribution is 6.31. The molecule has 0 spiro atoms. The molecule has 1 heterocycles. The Morgan fingerprint density at radius 1 is 1.29 bits per heavy atom. The van der Waals surface area contributed by atoms with Crippen LogP contribution in [0, 0.1) is 6.92 Å². The number of hydrogen-bond acceptors (Lipinski definition) is 1. The van der Waals surface area contributed by atoms with Crippen LogP contribution in [0.4, 0.5) is 0 Å². The first kappa shape index (κ1) is 10.0. The summed E-state index contributed by atoms with van der Waals surface area (Å²) in [5, 5.41) is 0.914. The van der Waals surface area contributed by atoms with Crippen LogP contribution in [-0.4, -0.2) is 13.2 Å². The number of aryl methyl sites for hydroxylation is 1. The van der Waals surface area contributed by atoms with Crippen LogP contribution >= 0.6 is 11.6 Å². The summed E-state index contributed by atoms with van der Waals surface area (Å²) >= 11 is 6.22. The lowest BCUT2D eigenvalue weighted by molar-refractivity contribution is 0.0853. The monoisotopic (exact) mass is 210 g/mol. The minimum absolute atomic E-state index is 0.594. The topological polar surface area (TPSA) is 9.23 Å². The fourth-order valence-electron chi connectivity index (χ4n) is 1.97. The lowest BCUT2D eigenvalue weighted by Crippen LogP contribution is -2.14. The highest BCUT2D eigenvalue weighted by Crippen LogP contribution is 2.32. The van der Waals surface area contributed by atoms with Crippen LogP contribution in [-0.2, 0) is 4.74 Å². The van der Waals surface area contributed by atoms with Gasteiger partial charge in [0.15, 0.2) is 0 Å². The van der Waals surface area contributed by atoms with Crippen molar-refractivity contribution in [3.63, 3.8) is 0 Å². The Hall–Kier alpha value is -0.530. The molecule has 0 amide bonds. The Kier molecular flexibility index (Phi) is 3.09. The van der Waals surface area contributed by atoms with E-state index in [1.54, 1.807) is 0 Å². The molecule has 0 atom stereocenters. The summed E-state index contributed by atoms with van der Waals surface area (Å²) in [4.78, 5) is 0. The average Bonchev–Trinajstić information content (AvgIpc) is 2.19. The Morgan fingerprint density at radius 3 is 2.64 bits per heavy atom. The number of benzene rings is 1. The van der Waals surface area contributed by atoms with Crippen molar-refractivity contribution in [2.24, 2.45) is 0 Å². The number of hydrogen-bond donors (Lipinski definition) is 0. The van der Waals surface area contributed by atoms with E-state index in [1.807, 2.05) is 6.07 Å². The minimum Gasteiger partial charge on any atom is -0.381 e. The van der Waals surface area contributed by atoms with Gasteiger partial charge in [-0.15, -0.1) is 0 Å². The number of ether oxygens (including phenoxy) is 1. The Balaban J connectivity index is 2.22. The fourth-order valence-corrected chi connectivity index (χ4v) is 2.36. The molecule has 2 rings (SSSR count). The van der Waals surface area contributed by atoms with Crippen molar-refractivity contribution in [1.29, 1.82) is 0 Å². The van der Waals surface area contributed by atoms with Gasteiger partial charge in [-0.2, -0.15) is 0 Å². The van der Waals surface area contributed by atoms with Crippen molar-refractivity contribution in [3.05, 3.63) is 34.3 Å². The molecule has 1 aromatic carbocycles. The molecule has 14 heavy (non-hydrogen) atoms. The van der Waals surface area contributed by atoms with E-state index < -0.39 is 0 Å². The van der Waals surface area contributed by atoms with E-state index in [0.717, 1.165) is 31.1 Å². The lowest BCUT2D eigenvalue weighted by atomic mass is 9.91. The number of halogens is 1. The van der Waals surface area contributed by atoms with Gasteiger partial charge in [0.2, 0.25) is 0 Å². The third-order valence-corrected chi connectivity index (χ3v) is 3.14. The van der Waals surface area contributed by atoms with Crippen molar-refractivity contribution in [3.8, 4) is 0 Å². The predicted molar refractivity (Wildman–Crippen MR) is 59.0 cm³/mol. The standard InChI is InChI=1S/C12H15ClO/c1-9-2-3-11(12(13)8-9)10-4-6-14-7-5-10/h2-3,8,10H,4-7H2,1H3. The van der Waals surface area contributed by atoms with Gasteiger partial charge in [0.1, 0.15) is 0 Å². The van der Waals surface area contributed by atoms with E-state index in [9.17, 15) is 0 Å². The van der Waals surface area contributed by atoms with Crippen LogP contribution in [0.25, 0.3) is 0 Å². The molecule has 0 N–H and O–H groups in total. The quantitative estimate of drug-likeness (QED) is 0.689. The van der Waals surface area contributed by atoms with Crippen molar-refractivity contribution < 1.29 is 4.74 Å². The van der Waals surface area contributed by atoms with Gasteiger partial charge in [0.05, 0.1) is 0 Å². The van der Waals surface area contributed by atoms with Crippen LogP contribution in [0.5, 0.6) is 0 Å². The van der Waals surface area contributed by atoms with Gasteiger partial charge in [-0.25, -0.2) is 0 Å². The predicted octanol–water partition coefficient (Wildman–Crippen LogP) is 3.54. The molecular formula is C12H15ClO. The van der Waals surface area contributed by atoms with Gasteiger partial charge in [0.25, 0.3) is 0 Å². The Morgan fingerprint density at radius 2 is 2.00 bits per heavy atom. The summed E-state index contributed by atoms with van der Waals surface area (Å²) in [6.45, 7) is 3.81. The molecule has 1 fully saturated rings. The molecule has 2 heteroatoms. The van der Waals surface area contributed by atoms with Gasteiger partial charge >= 0.3 is 0 Å². The molecule has 0 aliphatic carbocycles. The zero-order chi connectivity index (χ0) is 9.97. The molecule has 1 nitrogen and oxygen atoms in total. The lowest BCUT2D eigenvalue weighted by Gasteiger charge is -2.23. The Labute approximate surface area is 90.0 Å². The van der Waals surface area contributed by atoms with Crippen molar-refractivity contribution in [2.75, 3.05) is 13.2 Å². The van der Waals surface area contributed by atoms with E-state index in [1.165, 1.54) is 11.1 Å². The third kappa shape index (κ3) is 2.10. The first-order valence-corrected chi connectivity index (χ1v) is 5.49. The van der Waals surface area contributed by atoms with Gasteiger partial charge in [-0.05, 0) is 42.9 Å². The minimum atomic E-state index is 0.594. The first-order chi connectivity index (χ1) is 6.77. The fraction of sp³-hybridized carbons (Fsp3) is 0.500. The Bertz CT molecular complexity index is 316. The highest BCUT2D eigenvalue weighted by Gasteiger charge is 2.17. The molecule has 0 saturated carbocycles. The normalized spacial score (nSPS) is 18.4. The highest BCUT2D eigenvalue weighted by atomic mass is 35.5. The van der Waals surface area contributed by atoms with E-state index in [-0.39, 0.29) is 0 Å². The maximum atomic E-state index is 6.22. The summed E-state index contributed by atoms with van der Waals surface area (Å²) in [6, 6.07) is 6.34. The van der Waals surface area contributed by atoms with Crippen LogP contribution < -0.4 is 0 Å². The third-order valence-electron chi connectivity index (χ3n) is 2.82. The second-order valence-electron chi connectivity index (χ2n) is 3.91. The van der Waals surface area contributed by atoms with E-state index >= 15 is 0 Å². The zero-order valence-corrected chi connectivity index (χ0v) is 9.18. The van der Waals surface area contributed by atoms with E-state index in [2.05, 4.69) is 19.1 Å². The molecule has 1 aromatic rings.